The van der Waals surface area contributed by atoms with Crippen molar-refractivity contribution in [3.8, 4) is 11.8 Å². The molecular formula is C11H19NO. The van der Waals surface area contributed by atoms with E-state index in [-0.39, 0.29) is 0 Å². The highest BCUT2D eigenvalue weighted by molar-refractivity contribution is 4.95. The molecule has 1 unspecified atom stereocenters. The molecule has 0 amide bonds. The van der Waals surface area contributed by atoms with E-state index in [9.17, 15) is 0 Å². The van der Waals surface area contributed by atoms with Gasteiger partial charge in [0, 0.05) is 26.1 Å². The first-order valence-electron chi connectivity index (χ1n) is 5.09. The molecule has 1 aliphatic rings. The lowest BCUT2D eigenvalue weighted by Crippen LogP contribution is -2.37. The quantitative estimate of drug-likeness (QED) is 0.659. The normalized spacial score (nSPS) is 23.7. The van der Waals surface area contributed by atoms with Crippen molar-refractivity contribution in [2.75, 3.05) is 26.2 Å². The fourth-order valence-corrected chi connectivity index (χ4v) is 1.84. The molecule has 2 nitrogen and oxygen atoms in total. The minimum atomic E-state index is 0.343. The Bertz CT molecular complexity index is 192. The summed E-state index contributed by atoms with van der Waals surface area (Å²) in [5, 5.41) is 9.03. The van der Waals surface area contributed by atoms with Gasteiger partial charge in [0.2, 0.25) is 0 Å². The number of aliphatic hydroxyl groups is 1. The van der Waals surface area contributed by atoms with Gasteiger partial charge < -0.3 is 10.0 Å². The lowest BCUT2D eigenvalue weighted by atomic mass is 9.99. The van der Waals surface area contributed by atoms with Gasteiger partial charge in [-0.3, -0.25) is 0 Å². The van der Waals surface area contributed by atoms with E-state index in [0.29, 0.717) is 12.5 Å². The number of hydrogen-bond acceptors (Lipinski definition) is 2. The zero-order valence-electron chi connectivity index (χ0n) is 8.42. The van der Waals surface area contributed by atoms with Gasteiger partial charge in [-0.05, 0) is 32.2 Å². The molecular weight excluding hydrogens is 162 g/mol. The number of rotatable bonds is 3. The minimum absolute atomic E-state index is 0.343. The highest BCUT2D eigenvalue weighted by atomic mass is 16.3. The summed E-state index contributed by atoms with van der Waals surface area (Å²) in [5.74, 6) is 6.48. The maximum atomic E-state index is 9.03. The van der Waals surface area contributed by atoms with Crippen LogP contribution in [0.25, 0.3) is 0 Å². The van der Waals surface area contributed by atoms with Crippen molar-refractivity contribution in [1.82, 2.24) is 4.90 Å². The summed E-state index contributed by atoms with van der Waals surface area (Å²) in [4.78, 5) is 2.41. The first kappa shape index (κ1) is 10.6. The van der Waals surface area contributed by atoms with Gasteiger partial charge in [0.15, 0.2) is 0 Å². The molecule has 74 valence electrons. The van der Waals surface area contributed by atoms with Gasteiger partial charge in [-0.1, -0.05) is 0 Å². The lowest BCUT2D eigenvalue weighted by Gasteiger charge is -2.31. The molecule has 0 saturated carbocycles. The van der Waals surface area contributed by atoms with E-state index in [1.807, 2.05) is 6.92 Å². The molecule has 1 aliphatic heterocycles. The third-order valence-corrected chi connectivity index (χ3v) is 2.59. The molecule has 0 bridgehead atoms. The van der Waals surface area contributed by atoms with Gasteiger partial charge in [-0.2, -0.15) is 0 Å². The Morgan fingerprint density at radius 2 is 2.38 bits per heavy atom. The van der Waals surface area contributed by atoms with E-state index in [4.69, 9.17) is 5.11 Å². The van der Waals surface area contributed by atoms with Crippen molar-refractivity contribution < 1.29 is 5.11 Å². The van der Waals surface area contributed by atoms with Crippen LogP contribution in [0.4, 0.5) is 0 Å². The van der Waals surface area contributed by atoms with Crippen LogP contribution in [-0.2, 0) is 0 Å². The predicted molar refractivity (Wildman–Crippen MR) is 54.3 cm³/mol. The van der Waals surface area contributed by atoms with Gasteiger partial charge in [0.1, 0.15) is 0 Å². The molecule has 0 aromatic heterocycles. The van der Waals surface area contributed by atoms with E-state index >= 15 is 0 Å². The third kappa shape index (κ3) is 3.80. The van der Waals surface area contributed by atoms with Crippen molar-refractivity contribution in [3.05, 3.63) is 0 Å². The Hall–Kier alpha value is -0.520. The maximum absolute atomic E-state index is 9.03. The number of likely N-dealkylation sites (tertiary alicyclic amines) is 1. The van der Waals surface area contributed by atoms with Crippen LogP contribution in [0.5, 0.6) is 0 Å². The monoisotopic (exact) mass is 181 g/mol. The lowest BCUT2D eigenvalue weighted by molar-refractivity contribution is 0.122. The summed E-state index contributed by atoms with van der Waals surface area (Å²) < 4.78 is 0. The molecule has 1 saturated heterocycles. The molecule has 0 spiro atoms. The first-order valence-corrected chi connectivity index (χ1v) is 5.09. The second-order valence-corrected chi connectivity index (χ2v) is 3.67. The topological polar surface area (TPSA) is 23.5 Å². The molecule has 1 heterocycles. The molecule has 0 aromatic rings. The van der Waals surface area contributed by atoms with E-state index in [0.717, 1.165) is 19.5 Å². The molecule has 0 aliphatic carbocycles. The van der Waals surface area contributed by atoms with E-state index in [1.165, 1.54) is 19.4 Å². The molecule has 1 rings (SSSR count). The van der Waals surface area contributed by atoms with Crippen molar-refractivity contribution >= 4 is 0 Å². The van der Waals surface area contributed by atoms with Crippen LogP contribution in [0.2, 0.25) is 0 Å². The molecule has 0 aromatic carbocycles. The smallest absolute Gasteiger partial charge is 0.0471 e. The van der Waals surface area contributed by atoms with Gasteiger partial charge in [-0.15, -0.1) is 11.8 Å². The fourth-order valence-electron chi connectivity index (χ4n) is 1.84. The number of aliphatic hydroxyl groups excluding tert-OH is 1. The molecule has 1 atom stereocenters. The highest BCUT2D eigenvalue weighted by Gasteiger charge is 2.17. The second-order valence-electron chi connectivity index (χ2n) is 3.67. The summed E-state index contributed by atoms with van der Waals surface area (Å²) in [6, 6.07) is 0. The molecule has 0 radical (unpaired) electrons. The van der Waals surface area contributed by atoms with Crippen molar-refractivity contribution in [2.45, 2.75) is 26.2 Å². The van der Waals surface area contributed by atoms with Crippen LogP contribution in [-0.4, -0.2) is 36.2 Å². The zero-order chi connectivity index (χ0) is 9.52. The summed E-state index contributed by atoms with van der Waals surface area (Å²) in [7, 11) is 0. The average molecular weight is 181 g/mol. The van der Waals surface area contributed by atoms with Crippen LogP contribution in [0.15, 0.2) is 0 Å². The molecule has 2 heteroatoms. The van der Waals surface area contributed by atoms with Crippen LogP contribution in [0.3, 0.4) is 0 Å². The van der Waals surface area contributed by atoms with E-state index < -0.39 is 0 Å². The SMILES string of the molecule is CC#CCCN1CCCC(CO)C1. The Labute approximate surface area is 80.9 Å². The van der Waals surface area contributed by atoms with Crippen LogP contribution in [0.1, 0.15) is 26.2 Å². The molecule has 1 fully saturated rings. The Morgan fingerprint density at radius 3 is 3.08 bits per heavy atom. The number of piperidine rings is 1. The van der Waals surface area contributed by atoms with Crippen molar-refractivity contribution in [1.29, 1.82) is 0 Å². The first-order chi connectivity index (χ1) is 6.36. The van der Waals surface area contributed by atoms with Gasteiger partial charge in [0.05, 0.1) is 0 Å². The second kappa shape index (κ2) is 6.01. The van der Waals surface area contributed by atoms with Gasteiger partial charge >= 0.3 is 0 Å². The third-order valence-electron chi connectivity index (χ3n) is 2.59. The highest BCUT2D eigenvalue weighted by Crippen LogP contribution is 2.15. The summed E-state index contributed by atoms with van der Waals surface area (Å²) in [6.45, 7) is 5.53. The van der Waals surface area contributed by atoms with Crippen LogP contribution < -0.4 is 0 Å². The number of hydrogen-bond donors (Lipinski definition) is 1. The number of nitrogens with zero attached hydrogens (tertiary/aromatic N) is 1. The van der Waals surface area contributed by atoms with E-state index in [2.05, 4.69) is 16.7 Å². The van der Waals surface area contributed by atoms with Gasteiger partial charge in [-0.25, -0.2) is 0 Å². The average Bonchev–Trinajstić information content (AvgIpc) is 2.19. The zero-order valence-corrected chi connectivity index (χ0v) is 8.42. The Morgan fingerprint density at radius 1 is 1.54 bits per heavy atom. The van der Waals surface area contributed by atoms with Crippen molar-refractivity contribution in [2.24, 2.45) is 5.92 Å². The predicted octanol–water partition coefficient (Wildman–Crippen LogP) is 1.10. The Kier molecular flexibility index (Phi) is 4.88. The summed E-state index contributed by atoms with van der Waals surface area (Å²) in [6.07, 6.45) is 3.38. The summed E-state index contributed by atoms with van der Waals surface area (Å²) in [5.41, 5.74) is 0. The maximum Gasteiger partial charge on any atom is 0.0471 e. The summed E-state index contributed by atoms with van der Waals surface area (Å²) >= 11 is 0. The van der Waals surface area contributed by atoms with Crippen molar-refractivity contribution in [3.63, 3.8) is 0 Å². The largest absolute Gasteiger partial charge is 0.396 e. The van der Waals surface area contributed by atoms with Crippen LogP contribution >= 0.6 is 0 Å². The Balaban J connectivity index is 2.20. The van der Waals surface area contributed by atoms with Gasteiger partial charge in [0.25, 0.3) is 0 Å². The molecule has 1 N–H and O–H groups in total. The molecule has 13 heavy (non-hydrogen) atoms. The standard InChI is InChI=1S/C11H19NO/c1-2-3-4-7-12-8-5-6-11(9-12)10-13/h11,13H,4-10H2,1H3. The fraction of sp³-hybridized carbons (Fsp3) is 0.818. The van der Waals surface area contributed by atoms with Crippen LogP contribution in [0, 0.1) is 17.8 Å². The van der Waals surface area contributed by atoms with E-state index in [1.54, 1.807) is 0 Å². The minimum Gasteiger partial charge on any atom is -0.396 e.